The molecule has 0 radical (unpaired) electrons. The van der Waals surface area contributed by atoms with Gasteiger partial charge < -0.3 is 15.1 Å². The van der Waals surface area contributed by atoms with Gasteiger partial charge in [-0.15, -0.1) is 5.10 Å². The van der Waals surface area contributed by atoms with E-state index in [4.69, 9.17) is 0 Å². The number of hydrogen-bond acceptors (Lipinski definition) is 5. The van der Waals surface area contributed by atoms with E-state index in [2.05, 4.69) is 46.6 Å². The number of aromatic nitrogens is 3. The number of rotatable bonds is 2. The summed E-state index contributed by atoms with van der Waals surface area (Å²) in [4.78, 5) is 17.3. The Morgan fingerprint density at radius 1 is 1.23 bits per heavy atom. The van der Waals surface area contributed by atoms with Crippen LogP contribution in [-0.2, 0) is 6.54 Å². The van der Waals surface area contributed by atoms with Crippen molar-refractivity contribution in [2.45, 2.75) is 38.4 Å². The van der Waals surface area contributed by atoms with E-state index in [-0.39, 0.29) is 11.9 Å². The number of para-hydroxylation sites is 1. The highest BCUT2D eigenvalue weighted by molar-refractivity contribution is 5.92. The highest BCUT2D eigenvalue weighted by Gasteiger charge is 2.29. The number of hydrogen-bond donors (Lipinski definition) is 1. The van der Waals surface area contributed by atoms with Crippen molar-refractivity contribution in [3.8, 4) is 0 Å². The molecule has 7 nitrogen and oxygen atoms in total. The Hall–Kier alpha value is -2.41. The first-order valence-corrected chi connectivity index (χ1v) is 9.36. The molecule has 0 spiro atoms. The molecule has 26 heavy (non-hydrogen) atoms. The molecule has 2 aliphatic rings. The lowest BCUT2D eigenvalue weighted by Gasteiger charge is -2.27. The van der Waals surface area contributed by atoms with Gasteiger partial charge in [0, 0.05) is 31.9 Å². The summed E-state index contributed by atoms with van der Waals surface area (Å²) < 4.78 is 1.87. The fourth-order valence-electron chi connectivity index (χ4n) is 3.99. The van der Waals surface area contributed by atoms with E-state index in [1.807, 2.05) is 27.9 Å². The summed E-state index contributed by atoms with van der Waals surface area (Å²) in [5, 5.41) is 11.8. The van der Waals surface area contributed by atoms with Gasteiger partial charge in [0.25, 0.3) is 5.91 Å². The number of nitrogens with zero attached hydrogens (tertiary/aromatic N) is 5. The minimum atomic E-state index is -0.0391. The highest BCUT2D eigenvalue weighted by Crippen LogP contribution is 2.27. The van der Waals surface area contributed by atoms with E-state index >= 15 is 0 Å². The minimum Gasteiger partial charge on any atom is -0.372 e. The van der Waals surface area contributed by atoms with E-state index in [9.17, 15) is 4.79 Å². The van der Waals surface area contributed by atoms with Crippen LogP contribution in [0.1, 0.15) is 41.9 Å². The van der Waals surface area contributed by atoms with Crippen molar-refractivity contribution >= 4 is 11.6 Å². The molecule has 138 valence electrons. The van der Waals surface area contributed by atoms with Crippen LogP contribution in [-0.4, -0.2) is 58.5 Å². The van der Waals surface area contributed by atoms with Gasteiger partial charge >= 0.3 is 0 Å². The molecule has 3 heterocycles. The second kappa shape index (κ2) is 7.07. The van der Waals surface area contributed by atoms with E-state index in [1.54, 1.807) is 0 Å². The molecule has 1 atom stereocenters. The number of fused-ring (bicyclic) bond motifs is 1. The fraction of sp³-hybridized carbons (Fsp3) is 0.526. The average molecular weight is 354 g/mol. The summed E-state index contributed by atoms with van der Waals surface area (Å²) in [6, 6.07) is 8.71. The number of benzene rings is 1. The molecule has 2 aliphatic heterocycles. The van der Waals surface area contributed by atoms with Gasteiger partial charge in [-0.25, -0.2) is 4.68 Å². The number of carbonyl (C=O) groups excluding carboxylic acids is 1. The number of nitrogens with one attached hydrogen (secondary N) is 1. The van der Waals surface area contributed by atoms with Crippen molar-refractivity contribution in [1.29, 1.82) is 0 Å². The summed E-state index contributed by atoms with van der Waals surface area (Å²) in [5.74, 6) is -0.0391. The van der Waals surface area contributed by atoms with Crippen molar-refractivity contribution < 1.29 is 4.79 Å². The van der Waals surface area contributed by atoms with Crippen LogP contribution < -0.4 is 10.2 Å². The third kappa shape index (κ3) is 3.19. The van der Waals surface area contributed by atoms with Gasteiger partial charge in [-0.1, -0.05) is 23.4 Å². The number of piperidine rings is 1. The van der Waals surface area contributed by atoms with Crippen LogP contribution in [0.3, 0.4) is 0 Å². The summed E-state index contributed by atoms with van der Waals surface area (Å²) in [6.45, 7) is 5.46. The fourth-order valence-corrected chi connectivity index (χ4v) is 3.99. The van der Waals surface area contributed by atoms with Crippen LogP contribution in [0.5, 0.6) is 0 Å². The van der Waals surface area contributed by atoms with Crippen LogP contribution in [0.4, 0.5) is 5.69 Å². The molecule has 2 aromatic rings. The number of likely N-dealkylation sites (N-methyl/N-ethyl adjacent to an activating group) is 1. The van der Waals surface area contributed by atoms with E-state index in [0.29, 0.717) is 18.3 Å². The molecular weight excluding hydrogens is 328 g/mol. The Morgan fingerprint density at radius 3 is 2.81 bits per heavy atom. The summed E-state index contributed by atoms with van der Waals surface area (Å²) >= 11 is 0. The molecule has 1 unspecified atom stereocenters. The van der Waals surface area contributed by atoms with Gasteiger partial charge in [0.15, 0.2) is 5.69 Å². The van der Waals surface area contributed by atoms with Crippen molar-refractivity contribution in [2.75, 3.05) is 31.6 Å². The lowest BCUT2D eigenvalue weighted by molar-refractivity contribution is 0.0681. The van der Waals surface area contributed by atoms with Gasteiger partial charge in [-0.05, 0) is 44.5 Å². The summed E-state index contributed by atoms with van der Waals surface area (Å²) in [7, 11) is 2.08. The lowest BCUT2D eigenvalue weighted by atomic mass is 10.1. The van der Waals surface area contributed by atoms with Crippen molar-refractivity contribution in [3.63, 3.8) is 0 Å². The van der Waals surface area contributed by atoms with Crippen LogP contribution >= 0.6 is 0 Å². The molecule has 1 amide bonds. The number of carbonyl (C=O) groups is 1. The second-order valence-electron chi connectivity index (χ2n) is 7.36. The maximum atomic E-state index is 13.2. The Morgan fingerprint density at radius 2 is 2.00 bits per heavy atom. The van der Waals surface area contributed by atoms with Gasteiger partial charge in [-0.3, -0.25) is 4.79 Å². The van der Waals surface area contributed by atoms with E-state index < -0.39 is 0 Å². The zero-order chi connectivity index (χ0) is 18.1. The molecule has 0 saturated carbocycles. The molecule has 0 bridgehead atoms. The number of amides is 1. The molecule has 1 saturated heterocycles. The van der Waals surface area contributed by atoms with Gasteiger partial charge in [0.1, 0.15) is 0 Å². The minimum absolute atomic E-state index is 0.0391. The first-order valence-electron chi connectivity index (χ1n) is 9.36. The van der Waals surface area contributed by atoms with E-state index in [1.165, 1.54) is 11.3 Å². The molecule has 7 heteroatoms. The zero-order valence-corrected chi connectivity index (χ0v) is 15.4. The van der Waals surface area contributed by atoms with Crippen LogP contribution in [0, 0.1) is 0 Å². The van der Waals surface area contributed by atoms with Gasteiger partial charge in [0.2, 0.25) is 0 Å². The van der Waals surface area contributed by atoms with Crippen molar-refractivity contribution in [1.82, 2.24) is 25.2 Å². The zero-order valence-electron chi connectivity index (χ0n) is 15.4. The number of anilines is 1. The standard InChI is InChI=1S/C19H26N6O/c1-14-11-23(2)18-6-4-3-5-15(18)12-24(14)19(26)17-13-25(22-21-17)16-7-9-20-10-8-16/h3-6,13-14,16,20H,7-12H2,1-2H3. The summed E-state index contributed by atoms with van der Waals surface area (Å²) in [5.41, 5.74) is 2.80. The smallest absolute Gasteiger partial charge is 0.276 e. The molecule has 1 aromatic carbocycles. The first-order chi connectivity index (χ1) is 12.6. The predicted molar refractivity (Wildman–Crippen MR) is 100 cm³/mol. The third-order valence-corrected chi connectivity index (χ3v) is 5.49. The second-order valence-corrected chi connectivity index (χ2v) is 7.36. The molecule has 1 aromatic heterocycles. The lowest BCUT2D eigenvalue weighted by Crippen LogP contribution is -2.42. The molecule has 1 N–H and O–H groups in total. The quantitative estimate of drug-likeness (QED) is 0.889. The molecule has 4 rings (SSSR count). The summed E-state index contributed by atoms with van der Waals surface area (Å²) in [6.07, 6.45) is 3.87. The molecule has 1 fully saturated rings. The van der Waals surface area contributed by atoms with Crippen LogP contribution in [0.15, 0.2) is 30.5 Å². The largest absolute Gasteiger partial charge is 0.372 e. The van der Waals surface area contributed by atoms with E-state index in [0.717, 1.165) is 32.5 Å². The van der Waals surface area contributed by atoms with Crippen molar-refractivity contribution in [3.05, 3.63) is 41.7 Å². The topological polar surface area (TPSA) is 66.3 Å². The maximum Gasteiger partial charge on any atom is 0.276 e. The Labute approximate surface area is 154 Å². The monoisotopic (exact) mass is 354 g/mol. The van der Waals surface area contributed by atoms with Crippen LogP contribution in [0.2, 0.25) is 0 Å². The van der Waals surface area contributed by atoms with Crippen LogP contribution in [0.25, 0.3) is 0 Å². The van der Waals surface area contributed by atoms with Crippen molar-refractivity contribution in [2.24, 2.45) is 0 Å². The third-order valence-electron chi connectivity index (χ3n) is 5.49. The average Bonchev–Trinajstić information content (AvgIpc) is 3.12. The maximum absolute atomic E-state index is 13.2. The molecule has 0 aliphatic carbocycles. The van der Waals surface area contributed by atoms with Gasteiger partial charge in [0.05, 0.1) is 12.2 Å². The highest BCUT2D eigenvalue weighted by atomic mass is 16.2. The Bertz CT molecular complexity index is 782. The molecular formula is C19H26N6O. The SMILES string of the molecule is CC1CN(C)c2ccccc2CN1C(=O)c1cn(C2CCNCC2)nn1. The normalized spacial score (nSPS) is 21.4. The Balaban J connectivity index is 1.56. The first kappa shape index (κ1) is 17.0. The Kier molecular flexibility index (Phi) is 4.63. The van der Waals surface area contributed by atoms with Gasteiger partial charge in [-0.2, -0.15) is 0 Å². The predicted octanol–water partition coefficient (Wildman–Crippen LogP) is 1.68.